The van der Waals surface area contributed by atoms with Gasteiger partial charge in [0.1, 0.15) is 0 Å². The topological polar surface area (TPSA) is 83.7 Å². The van der Waals surface area contributed by atoms with E-state index in [2.05, 4.69) is 0 Å². The largest absolute Gasteiger partial charge is 0.369 e. The number of nitrogens with two attached hydrogens (primary N) is 1. The van der Waals surface area contributed by atoms with Gasteiger partial charge >= 0.3 is 0 Å². The van der Waals surface area contributed by atoms with Crippen LogP contribution in [0.5, 0.6) is 0 Å². The Morgan fingerprint density at radius 1 is 1.16 bits per heavy atom. The molecule has 25 heavy (non-hydrogen) atoms. The Hall–Kier alpha value is -2.37. The summed E-state index contributed by atoms with van der Waals surface area (Å²) in [5.74, 6) is -0.959. The van der Waals surface area contributed by atoms with Crippen LogP contribution in [0.4, 0.5) is 0 Å². The van der Waals surface area contributed by atoms with Gasteiger partial charge < -0.3 is 15.5 Å². The monoisotopic (exact) mass is 343 g/mol. The average molecular weight is 343 g/mol. The first-order valence-corrected chi connectivity index (χ1v) is 8.90. The number of carbonyl (C=O) groups is 3. The first-order valence-electron chi connectivity index (χ1n) is 8.90. The van der Waals surface area contributed by atoms with Gasteiger partial charge in [0, 0.05) is 26.1 Å². The van der Waals surface area contributed by atoms with Crippen LogP contribution in [-0.4, -0.2) is 47.2 Å². The lowest BCUT2D eigenvalue weighted by atomic mass is 9.96. The Bertz CT molecular complexity index is 661. The number of piperidine rings is 1. The predicted octanol–water partition coefficient (Wildman–Crippen LogP) is 1.32. The van der Waals surface area contributed by atoms with Gasteiger partial charge in [0.2, 0.25) is 17.7 Å². The van der Waals surface area contributed by atoms with Gasteiger partial charge in [0.25, 0.3) is 0 Å². The van der Waals surface area contributed by atoms with Gasteiger partial charge in [-0.1, -0.05) is 30.3 Å². The Balaban J connectivity index is 1.65. The van der Waals surface area contributed by atoms with Crippen LogP contribution in [0.3, 0.4) is 0 Å². The zero-order valence-electron chi connectivity index (χ0n) is 14.6. The van der Waals surface area contributed by atoms with Crippen LogP contribution in [0.15, 0.2) is 30.3 Å². The van der Waals surface area contributed by atoms with E-state index in [0.717, 1.165) is 18.4 Å². The summed E-state index contributed by atoms with van der Waals surface area (Å²) in [6.45, 7) is 3.45. The van der Waals surface area contributed by atoms with E-state index in [1.807, 2.05) is 37.3 Å². The highest BCUT2D eigenvalue weighted by Gasteiger charge is 2.40. The second-order valence-electron chi connectivity index (χ2n) is 7.06. The van der Waals surface area contributed by atoms with Crippen molar-refractivity contribution >= 4 is 17.7 Å². The molecule has 0 unspecified atom stereocenters. The molecular formula is C19H25N3O3. The minimum Gasteiger partial charge on any atom is -0.369 e. The highest BCUT2D eigenvalue weighted by atomic mass is 16.2. The molecule has 1 aromatic rings. The predicted molar refractivity (Wildman–Crippen MR) is 93.2 cm³/mol. The van der Waals surface area contributed by atoms with Gasteiger partial charge in [-0.15, -0.1) is 0 Å². The summed E-state index contributed by atoms with van der Waals surface area (Å²) in [5, 5.41) is 0. The second kappa shape index (κ2) is 7.25. The lowest BCUT2D eigenvalue weighted by Crippen LogP contribution is -2.46. The third-order valence-corrected chi connectivity index (χ3v) is 5.39. The third kappa shape index (κ3) is 3.67. The molecule has 2 N–H and O–H groups in total. The number of primary amides is 1. The minimum atomic E-state index is -0.348. The maximum absolute atomic E-state index is 12.8. The van der Waals surface area contributed by atoms with Crippen LogP contribution in [0, 0.1) is 11.8 Å². The van der Waals surface area contributed by atoms with E-state index in [9.17, 15) is 14.4 Å². The lowest BCUT2D eigenvalue weighted by Gasteiger charge is -2.33. The summed E-state index contributed by atoms with van der Waals surface area (Å²) in [6, 6.07) is 9.79. The fraction of sp³-hybridized carbons (Fsp3) is 0.526. The molecule has 0 saturated carbocycles. The van der Waals surface area contributed by atoms with Crippen molar-refractivity contribution in [3.05, 3.63) is 35.9 Å². The molecule has 6 heteroatoms. The summed E-state index contributed by atoms with van der Waals surface area (Å²) in [4.78, 5) is 40.2. The third-order valence-electron chi connectivity index (χ3n) is 5.39. The molecule has 134 valence electrons. The molecular weight excluding hydrogens is 318 g/mol. The SMILES string of the molecule is C[C@H](c1ccccc1)N1C[C@H](C(=O)N2CCC[C@@H](C(N)=O)C2)CC1=O. The number of nitrogens with zero attached hydrogens (tertiary/aromatic N) is 2. The van der Waals surface area contributed by atoms with Crippen LogP contribution in [0.1, 0.15) is 37.8 Å². The van der Waals surface area contributed by atoms with Crippen LogP contribution >= 0.6 is 0 Å². The molecule has 3 atom stereocenters. The summed E-state index contributed by atoms with van der Waals surface area (Å²) in [5.41, 5.74) is 6.46. The van der Waals surface area contributed by atoms with E-state index in [1.54, 1.807) is 9.80 Å². The molecule has 0 aliphatic carbocycles. The average Bonchev–Trinajstić information content (AvgIpc) is 3.03. The summed E-state index contributed by atoms with van der Waals surface area (Å²) in [7, 11) is 0. The van der Waals surface area contributed by atoms with Crippen molar-refractivity contribution in [2.75, 3.05) is 19.6 Å². The maximum Gasteiger partial charge on any atom is 0.228 e. The normalized spacial score (nSPS) is 25.1. The highest BCUT2D eigenvalue weighted by Crippen LogP contribution is 2.30. The molecule has 3 rings (SSSR count). The number of hydrogen-bond acceptors (Lipinski definition) is 3. The summed E-state index contributed by atoms with van der Waals surface area (Å²) < 4.78 is 0. The Kier molecular flexibility index (Phi) is 5.06. The van der Waals surface area contributed by atoms with Gasteiger partial charge in [-0.05, 0) is 25.3 Å². The minimum absolute atomic E-state index is 0.0122. The smallest absolute Gasteiger partial charge is 0.228 e. The van der Waals surface area contributed by atoms with Crippen molar-refractivity contribution in [1.82, 2.24) is 9.80 Å². The zero-order chi connectivity index (χ0) is 18.0. The number of carbonyl (C=O) groups excluding carboxylic acids is 3. The van der Waals surface area contributed by atoms with Crippen LogP contribution in [0.25, 0.3) is 0 Å². The van der Waals surface area contributed by atoms with Crippen molar-refractivity contribution in [2.24, 2.45) is 17.6 Å². The molecule has 0 bridgehead atoms. The molecule has 2 aliphatic heterocycles. The number of rotatable bonds is 4. The van der Waals surface area contributed by atoms with Gasteiger partial charge in [0.05, 0.1) is 17.9 Å². The van der Waals surface area contributed by atoms with Crippen molar-refractivity contribution in [3.8, 4) is 0 Å². The molecule has 2 saturated heterocycles. The Labute approximate surface area is 148 Å². The van der Waals surface area contributed by atoms with Crippen molar-refractivity contribution in [1.29, 1.82) is 0 Å². The lowest BCUT2D eigenvalue weighted by molar-refractivity contribution is -0.139. The molecule has 2 heterocycles. The van der Waals surface area contributed by atoms with E-state index in [1.165, 1.54) is 0 Å². The molecule has 0 radical (unpaired) electrons. The number of amides is 3. The van der Waals surface area contributed by atoms with E-state index < -0.39 is 0 Å². The Morgan fingerprint density at radius 3 is 2.56 bits per heavy atom. The van der Waals surface area contributed by atoms with E-state index >= 15 is 0 Å². The number of hydrogen-bond donors (Lipinski definition) is 1. The highest BCUT2D eigenvalue weighted by molar-refractivity contribution is 5.90. The van der Waals surface area contributed by atoms with Crippen LogP contribution < -0.4 is 5.73 Å². The van der Waals surface area contributed by atoms with Crippen molar-refractivity contribution in [3.63, 3.8) is 0 Å². The fourth-order valence-corrected chi connectivity index (χ4v) is 3.85. The van der Waals surface area contributed by atoms with Gasteiger partial charge in [0.15, 0.2) is 0 Å². The molecule has 2 fully saturated rings. The maximum atomic E-state index is 12.8. The number of likely N-dealkylation sites (tertiary alicyclic amines) is 2. The fourth-order valence-electron chi connectivity index (χ4n) is 3.85. The van der Waals surface area contributed by atoms with E-state index in [-0.39, 0.29) is 42.0 Å². The summed E-state index contributed by atoms with van der Waals surface area (Å²) in [6.07, 6.45) is 1.76. The standard InChI is InChI=1S/C19H25N3O3/c1-13(14-6-3-2-4-7-14)22-12-16(10-17(22)23)19(25)21-9-5-8-15(11-21)18(20)24/h2-4,6-7,13,15-16H,5,8-12H2,1H3,(H2,20,24)/t13-,15-,16-/m1/s1. The van der Waals surface area contributed by atoms with Crippen LogP contribution in [-0.2, 0) is 14.4 Å². The molecule has 6 nitrogen and oxygen atoms in total. The van der Waals surface area contributed by atoms with E-state index in [4.69, 9.17) is 5.73 Å². The molecule has 2 aliphatic rings. The van der Waals surface area contributed by atoms with E-state index in [0.29, 0.717) is 19.6 Å². The summed E-state index contributed by atoms with van der Waals surface area (Å²) >= 11 is 0. The molecule has 0 spiro atoms. The Morgan fingerprint density at radius 2 is 1.88 bits per heavy atom. The first-order chi connectivity index (χ1) is 12.0. The zero-order valence-corrected chi connectivity index (χ0v) is 14.6. The first kappa shape index (κ1) is 17.5. The quantitative estimate of drug-likeness (QED) is 0.895. The molecule has 3 amide bonds. The van der Waals surface area contributed by atoms with Gasteiger partial charge in [-0.2, -0.15) is 0 Å². The van der Waals surface area contributed by atoms with Crippen LogP contribution in [0.2, 0.25) is 0 Å². The van der Waals surface area contributed by atoms with Gasteiger partial charge in [-0.25, -0.2) is 0 Å². The molecule has 0 aromatic heterocycles. The van der Waals surface area contributed by atoms with Crippen molar-refractivity contribution < 1.29 is 14.4 Å². The number of benzene rings is 1. The second-order valence-corrected chi connectivity index (χ2v) is 7.06. The molecule has 1 aromatic carbocycles. The van der Waals surface area contributed by atoms with Gasteiger partial charge in [-0.3, -0.25) is 14.4 Å². The van der Waals surface area contributed by atoms with Crippen molar-refractivity contribution in [2.45, 2.75) is 32.2 Å².